The molecule has 2 aromatic rings. The van der Waals surface area contributed by atoms with Crippen molar-refractivity contribution in [3.05, 3.63) is 72.4 Å². The monoisotopic (exact) mass is 224 g/mol. The SMILES string of the molecule is [CH](CCCc1ccccn1)Cc1ccccc1. The van der Waals surface area contributed by atoms with Gasteiger partial charge in [0.1, 0.15) is 0 Å². The van der Waals surface area contributed by atoms with Gasteiger partial charge in [0.2, 0.25) is 0 Å². The molecule has 0 aliphatic heterocycles. The third-order valence-corrected chi connectivity index (χ3v) is 2.79. The molecule has 0 bridgehead atoms. The summed E-state index contributed by atoms with van der Waals surface area (Å²) in [6, 6.07) is 16.7. The van der Waals surface area contributed by atoms with Crippen LogP contribution in [0.4, 0.5) is 0 Å². The molecular weight excluding hydrogens is 206 g/mol. The minimum atomic E-state index is 1.07. The topological polar surface area (TPSA) is 12.9 Å². The van der Waals surface area contributed by atoms with Crippen LogP contribution in [0.15, 0.2) is 54.7 Å². The molecule has 17 heavy (non-hydrogen) atoms. The molecule has 0 spiro atoms. The molecule has 0 fully saturated rings. The molecule has 1 heteroatoms. The van der Waals surface area contributed by atoms with Gasteiger partial charge < -0.3 is 0 Å². The van der Waals surface area contributed by atoms with Gasteiger partial charge >= 0.3 is 0 Å². The van der Waals surface area contributed by atoms with Gasteiger partial charge in [0.25, 0.3) is 0 Å². The van der Waals surface area contributed by atoms with Crippen LogP contribution < -0.4 is 0 Å². The molecule has 1 aromatic heterocycles. The summed E-state index contributed by atoms with van der Waals surface area (Å²) >= 11 is 0. The van der Waals surface area contributed by atoms with E-state index in [1.807, 2.05) is 12.3 Å². The lowest BCUT2D eigenvalue weighted by Crippen LogP contribution is -1.91. The van der Waals surface area contributed by atoms with Gasteiger partial charge in [-0.25, -0.2) is 0 Å². The van der Waals surface area contributed by atoms with Crippen LogP contribution in [0.3, 0.4) is 0 Å². The van der Waals surface area contributed by atoms with E-state index in [0.29, 0.717) is 0 Å². The van der Waals surface area contributed by atoms with Gasteiger partial charge in [-0.3, -0.25) is 4.98 Å². The van der Waals surface area contributed by atoms with Crippen molar-refractivity contribution in [1.82, 2.24) is 4.98 Å². The van der Waals surface area contributed by atoms with Gasteiger partial charge in [0.05, 0.1) is 0 Å². The van der Waals surface area contributed by atoms with Crippen LogP contribution in [0.2, 0.25) is 0 Å². The minimum Gasteiger partial charge on any atom is -0.261 e. The first-order valence-corrected chi connectivity index (χ1v) is 6.20. The third kappa shape index (κ3) is 4.39. The average molecular weight is 224 g/mol. The average Bonchev–Trinajstić information content (AvgIpc) is 2.41. The Morgan fingerprint density at radius 1 is 0.941 bits per heavy atom. The van der Waals surface area contributed by atoms with E-state index in [2.05, 4.69) is 53.9 Å². The fraction of sp³-hybridized carbons (Fsp3) is 0.250. The van der Waals surface area contributed by atoms with Gasteiger partial charge in [-0.05, 0) is 49.8 Å². The first-order valence-electron chi connectivity index (χ1n) is 6.20. The van der Waals surface area contributed by atoms with Gasteiger partial charge in [-0.2, -0.15) is 0 Å². The van der Waals surface area contributed by atoms with Crippen molar-refractivity contribution in [3.8, 4) is 0 Å². The third-order valence-electron chi connectivity index (χ3n) is 2.79. The van der Waals surface area contributed by atoms with Crippen molar-refractivity contribution >= 4 is 0 Å². The molecule has 0 saturated carbocycles. The number of hydrogen-bond donors (Lipinski definition) is 0. The highest BCUT2D eigenvalue weighted by Crippen LogP contribution is 2.07. The molecule has 0 amide bonds. The zero-order valence-electron chi connectivity index (χ0n) is 10.0. The van der Waals surface area contributed by atoms with Crippen LogP contribution in [-0.2, 0) is 12.8 Å². The number of rotatable bonds is 6. The minimum absolute atomic E-state index is 1.07. The lowest BCUT2D eigenvalue weighted by atomic mass is 10.1. The molecule has 0 aliphatic rings. The summed E-state index contributed by atoms with van der Waals surface area (Å²) in [6.45, 7) is 0. The number of benzene rings is 1. The number of aryl methyl sites for hydroxylation is 1. The van der Waals surface area contributed by atoms with Crippen LogP contribution >= 0.6 is 0 Å². The predicted octanol–water partition coefficient (Wildman–Crippen LogP) is 3.85. The van der Waals surface area contributed by atoms with Gasteiger partial charge in [-0.1, -0.05) is 36.4 Å². The largest absolute Gasteiger partial charge is 0.261 e. The zero-order chi connectivity index (χ0) is 11.8. The van der Waals surface area contributed by atoms with Crippen LogP contribution in [-0.4, -0.2) is 4.98 Å². The van der Waals surface area contributed by atoms with E-state index >= 15 is 0 Å². The Labute approximate surface area is 104 Å². The molecule has 0 unspecified atom stereocenters. The number of nitrogens with zero attached hydrogens (tertiary/aromatic N) is 1. The van der Waals surface area contributed by atoms with Gasteiger partial charge in [-0.15, -0.1) is 0 Å². The maximum atomic E-state index is 4.32. The molecule has 1 nitrogen and oxygen atoms in total. The second kappa shape index (κ2) is 6.85. The number of hydrogen-bond acceptors (Lipinski definition) is 1. The summed E-state index contributed by atoms with van der Waals surface area (Å²) in [5.74, 6) is 0. The van der Waals surface area contributed by atoms with Crippen molar-refractivity contribution in [1.29, 1.82) is 0 Å². The smallest absolute Gasteiger partial charge is 0.0403 e. The molecular formula is C16H18N. The van der Waals surface area contributed by atoms with E-state index in [-0.39, 0.29) is 0 Å². The van der Waals surface area contributed by atoms with Crippen LogP contribution in [0, 0.1) is 6.42 Å². The van der Waals surface area contributed by atoms with Crippen molar-refractivity contribution in [3.63, 3.8) is 0 Å². The fourth-order valence-corrected chi connectivity index (χ4v) is 1.86. The Morgan fingerprint density at radius 3 is 2.53 bits per heavy atom. The summed E-state index contributed by atoms with van der Waals surface area (Å²) in [5.41, 5.74) is 2.59. The first-order chi connectivity index (χ1) is 8.45. The van der Waals surface area contributed by atoms with E-state index in [0.717, 1.165) is 19.3 Å². The molecule has 2 rings (SSSR count). The maximum Gasteiger partial charge on any atom is 0.0403 e. The molecule has 1 aromatic carbocycles. The number of aromatic nitrogens is 1. The normalized spacial score (nSPS) is 10.4. The summed E-state index contributed by atoms with van der Waals surface area (Å²) in [7, 11) is 0. The highest BCUT2D eigenvalue weighted by atomic mass is 14.7. The first kappa shape index (κ1) is 11.8. The maximum absolute atomic E-state index is 4.32. The van der Waals surface area contributed by atoms with Gasteiger partial charge in [0, 0.05) is 11.9 Å². The molecule has 0 atom stereocenters. The zero-order valence-corrected chi connectivity index (χ0v) is 10.0. The molecule has 87 valence electrons. The second-order valence-electron chi connectivity index (χ2n) is 4.19. The summed E-state index contributed by atoms with van der Waals surface area (Å²) in [5, 5.41) is 0. The molecule has 0 aliphatic carbocycles. The van der Waals surface area contributed by atoms with E-state index in [4.69, 9.17) is 0 Å². The number of pyridine rings is 1. The Morgan fingerprint density at radius 2 is 1.76 bits per heavy atom. The highest BCUT2D eigenvalue weighted by molar-refractivity contribution is 5.16. The van der Waals surface area contributed by atoms with Crippen LogP contribution in [0.1, 0.15) is 24.1 Å². The second-order valence-corrected chi connectivity index (χ2v) is 4.19. The lowest BCUT2D eigenvalue weighted by Gasteiger charge is -2.01. The standard InChI is InChI=1S/C16H18N/c1-3-9-15(10-4-1)11-5-2-6-12-16-13-7-8-14-17-16/h1,3-5,7-10,13-14H,2,6,11-12H2. The van der Waals surface area contributed by atoms with Crippen LogP contribution in [0.5, 0.6) is 0 Å². The molecule has 1 radical (unpaired) electrons. The Hall–Kier alpha value is -1.63. The number of unbranched alkanes of at least 4 members (excludes halogenated alkanes) is 2. The van der Waals surface area contributed by atoms with Gasteiger partial charge in [0.15, 0.2) is 0 Å². The van der Waals surface area contributed by atoms with E-state index < -0.39 is 0 Å². The molecule has 0 N–H and O–H groups in total. The quantitative estimate of drug-likeness (QED) is 0.679. The Kier molecular flexibility index (Phi) is 4.77. The van der Waals surface area contributed by atoms with E-state index in [9.17, 15) is 0 Å². The van der Waals surface area contributed by atoms with Crippen LogP contribution in [0.25, 0.3) is 0 Å². The van der Waals surface area contributed by atoms with Crippen molar-refractivity contribution < 1.29 is 0 Å². The summed E-state index contributed by atoms with van der Waals surface area (Å²) < 4.78 is 0. The molecule has 0 saturated heterocycles. The lowest BCUT2D eigenvalue weighted by molar-refractivity contribution is 0.772. The van der Waals surface area contributed by atoms with Crippen molar-refractivity contribution in [2.75, 3.05) is 0 Å². The van der Waals surface area contributed by atoms with E-state index in [1.165, 1.54) is 17.7 Å². The predicted molar refractivity (Wildman–Crippen MR) is 71.6 cm³/mol. The fourth-order valence-electron chi connectivity index (χ4n) is 1.86. The Bertz CT molecular complexity index is 367. The summed E-state index contributed by atoms with van der Waals surface area (Å²) in [6.07, 6.45) is 8.71. The summed E-state index contributed by atoms with van der Waals surface area (Å²) in [4.78, 5) is 4.32. The van der Waals surface area contributed by atoms with Crippen molar-refractivity contribution in [2.45, 2.75) is 25.7 Å². The van der Waals surface area contributed by atoms with E-state index in [1.54, 1.807) is 0 Å². The van der Waals surface area contributed by atoms with Crippen molar-refractivity contribution in [2.24, 2.45) is 0 Å². The highest BCUT2D eigenvalue weighted by Gasteiger charge is 1.95. The Balaban J connectivity index is 1.61. The molecule has 1 heterocycles.